The summed E-state index contributed by atoms with van der Waals surface area (Å²) in [6, 6.07) is 64.2. The Balaban J connectivity index is 1.05. The fourth-order valence-corrected chi connectivity index (χ4v) is 9.32. The summed E-state index contributed by atoms with van der Waals surface area (Å²) in [7, 11) is 0. The molecular formula is C54H36N4O. The zero-order chi connectivity index (χ0) is 39.2. The average Bonchev–Trinajstić information content (AvgIpc) is 3.90. The van der Waals surface area contributed by atoms with Gasteiger partial charge in [0.15, 0.2) is 17.5 Å². The molecule has 0 bridgehead atoms. The molecule has 12 rings (SSSR count). The van der Waals surface area contributed by atoms with Crippen molar-refractivity contribution in [3.63, 3.8) is 0 Å². The summed E-state index contributed by atoms with van der Waals surface area (Å²) in [5.41, 5.74) is 15.2. The summed E-state index contributed by atoms with van der Waals surface area (Å²) in [6.45, 7) is 4.68. The number of benzene rings is 8. The lowest BCUT2D eigenvalue weighted by Gasteiger charge is -2.21. The van der Waals surface area contributed by atoms with Gasteiger partial charge in [0.2, 0.25) is 0 Å². The maximum Gasteiger partial charge on any atom is 0.164 e. The summed E-state index contributed by atoms with van der Waals surface area (Å²) in [5, 5.41) is 4.61. The van der Waals surface area contributed by atoms with Crippen LogP contribution in [0.5, 0.6) is 0 Å². The topological polar surface area (TPSA) is 56.7 Å². The molecule has 5 heteroatoms. The van der Waals surface area contributed by atoms with E-state index >= 15 is 0 Å². The van der Waals surface area contributed by atoms with Crippen molar-refractivity contribution >= 4 is 43.7 Å². The third kappa shape index (κ3) is 5.21. The molecule has 0 N–H and O–H groups in total. The summed E-state index contributed by atoms with van der Waals surface area (Å²) in [5.74, 6) is 1.78. The van der Waals surface area contributed by atoms with Gasteiger partial charge in [0.05, 0.1) is 11.0 Å². The van der Waals surface area contributed by atoms with Crippen molar-refractivity contribution in [2.75, 3.05) is 0 Å². The van der Waals surface area contributed by atoms with E-state index in [4.69, 9.17) is 19.4 Å². The first-order valence-corrected chi connectivity index (χ1v) is 20.1. The van der Waals surface area contributed by atoms with Crippen LogP contribution in [0.3, 0.4) is 0 Å². The van der Waals surface area contributed by atoms with Gasteiger partial charge in [-0.3, -0.25) is 0 Å². The molecule has 11 aromatic rings. The molecule has 0 amide bonds. The van der Waals surface area contributed by atoms with Crippen LogP contribution in [0.25, 0.3) is 106 Å². The molecule has 3 heterocycles. The number of nitrogens with zero attached hydrogens (tertiary/aromatic N) is 4. The Morgan fingerprint density at radius 2 is 1.02 bits per heavy atom. The maximum atomic E-state index is 6.32. The van der Waals surface area contributed by atoms with E-state index < -0.39 is 0 Å². The van der Waals surface area contributed by atoms with E-state index in [1.165, 1.54) is 38.5 Å². The Morgan fingerprint density at radius 1 is 0.390 bits per heavy atom. The van der Waals surface area contributed by atoms with Crippen LogP contribution < -0.4 is 0 Å². The van der Waals surface area contributed by atoms with Crippen molar-refractivity contribution in [1.29, 1.82) is 0 Å². The molecule has 0 unspecified atom stereocenters. The van der Waals surface area contributed by atoms with Crippen LogP contribution in [0.4, 0.5) is 0 Å². The maximum absolute atomic E-state index is 6.32. The lowest BCUT2D eigenvalue weighted by Crippen LogP contribution is -2.14. The van der Waals surface area contributed by atoms with E-state index in [-0.39, 0.29) is 5.41 Å². The zero-order valence-electron chi connectivity index (χ0n) is 32.5. The molecule has 0 spiro atoms. The number of furan rings is 1. The van der Waals surface area contributed by atoms with E-state index in [9.17, 15) is 0 Å². The number of fused-ring (bicyclic) bond motifs is 9. The molecule has 59 heavy (non-hydrogen) atoms. The van der Waals surface area contributed by atoms with Crippen molar-refractivity contribution < 1.29 is 4.42 Å². The van der Waals surface area contributed by atoms with Gasteiger partial charge in [-0.05, 0) is 88.0 Å². The molecule has 0 atom stereocenters. The summed E-state index contributed by atoms with van der Waals surface area (Å²) < 4.78 is 8.72. The van der Waals surface area contributed by atoms with Crippen LogP contribution in [-0.2, 0) is 5.41 Å². The second kappa shape index (κ2) is 12.7. The minimum absolute atomic E-state index is 0.121. The highest BCUT2D eigenvalue weighted by molar-refractivity contribution is 6.12. The van der Waals surface area contributed by atoms with Crippen LogP contribution in [0.2, 0.25) is 0 Å². The van der Waals surface area contributed by atoms with Crippen LogP contribution in [0.15, 0.2) is 186 Å². The SMILES string of the molecule is CC1(C)c2ccccc2-c2cc3c4ccccc4n(-c4cccc(-c5nc(-c6cccc(-c7ccccc7)c6)nc(-c6ccc7c(c6)oc6ccccc67)n5)c4)c3cc21. The third-order valence-electron chi connectivity index (χ3n) is 12.2. The predicted octanol–water partition coefficient (Wildman–Crippen LogP) is 13.8. The van der Waals surface area contributed by atoms with Crippen molar-refractivity contribution in [3.8, 4) is 62.1 Å². The minimum Gasteiger partial charge on any atom is -0.456 e. The smallest absolute Gasteiger partial charge is 0.164 e. The molecule has 5 nitrogen and oxygen atoms in total. The van der Waals surface area contributed by atoms with E-state index in [2.05, 4.69) is 170 Å². The van der Waals surface area contributed by atoms with Gasteiger partial charge in [0.1, 0.15) is 11.2 Å². The lowest BCUT2D eigenvalue weighted by molar-refractivity contribution is 0.661. The first kappa shape index (κ1) is 33.5. The zero-order valence-corrected chi connectivity index (χ0v) is 32.5. The summed E-state index contributed by atoms with van der Waals surface area (Å²) in [4.78, 5) is 15.6. The molecule has 8 aromatic carbocycles. The van der Waals surface area contributed by atoms with Crippen LogP contribution >= 0.6 is 0 Å². The van der Waals surface area contributed by atoms with Crippen molar-refractivity contribution in [2.45, 2.75) is 19.3 Å². The molecule has 0 saturated carbocycles. The monoisotopic (exact) mass is 756 g/mol. The standard InChI is InChI=1S/C54H36N4O/c1-54(2)45-23-9-6-20-39(45)43-31-44-40-21-7-10-24-47(40)58(48(44)32-46(43)54)38-19-13-18-36(29-38)52-55-51(35-17-12-16-34(28-35)33-14-4-3-5-15-33)56-53(57-52)37-26-27-42-41-22-8-11-25-49(41)59-50(42)30-37/h3-32H,1-2H3. The van der Waals surface area contributed by atoms with Gasteiger partial charge in [-0.25, -0.2) is 15.0 Å². The summed E-state index contributed by atoms with van der Waals surface area (Å²) >= 11 is 0. The van der Waals surface area contributed by atoms with Gasteiger partial charge in [-0.15, -0.1) is 0 Å². The van der Waals surface area contributed by atoms with Crippen LogP contribution in [0, 0.1) is 0 Å². The predicted molar refractivity (Wildman–Crippen MR) is 241 cm³/mol. The van der Waals surface area contributed by atoms with Gasteiger partial charge < -0.3 is 8.98 Å². The lowest BCUT2D eigenvalue weighted by atomic mass is 9.82. The third-order valence-corrected chi connectivity index (χ3v) is 12.2. The van der Waals surface area contributed by atoms with E-state index in [1.54, 1.807) is 0 Å². The average molecular weight is 757 g/mol. The fraction of sp³-hybridized carbons (Fsp3) is 0.0556. The summed E-state index contributed by atoms with van der Waals surface area (Å²) in [6.07, 6.45) is 0. The Labute approximate surface area is 340 Å². The second-order valence-electron chi connectivity index (χ2n) is 16.1. The molecule has 0 fully saturated rings. The molecule has 1 aliphatic carbocycles. The Hall–Kier alpha value is -7.63. The highest BCUT2D eigenvalue weighted by Gasteiger charge is 2.36. The Kier molecular flexibility index (Phi) is 7.20. The van der Waals surface area contributed by atoms with Gasteiger partial charge >= 0.3 is 0 Å². The first-order valence-electron chi connectivity index (χ1n) is 20.1. The number of rotatable bonds is 5. The van der Waals surface area contributed by atoms with Crippen LogP contribution in [0.1, 0.15) is 25.0 Å². The van der Waals surface area contributed by atoms with E-state index in [0.29, 0.717) is 17.5 Å². The van der Waals surface area contributed by atoms with Gasteiger partial charge in [0, 0.05) is 49.3 Å². The fourth-order valence-electron chi connectivity index (χ4n) is 9.32. The molecule has 3 aromatic heterocycles. The molecule has 0 radical (unpaired) electrons. The number of hydrogen-bond donors (Lipinski definition) is 0. The van der Waals surface area contributed by atoms with Gasteiger partial charge in [-0.2, -0.15) is 0 Å². The minimum atomic E-state index is -0.121. The van der Waals surface area contributed by atoms with Crippen LogP contribution in [-0.4, -0.2) is 19.5 Å². The molecule has 1 aliphatic rings. The van der Waals surface area contributed by atoms with Gasteiger partial charge in [-0.1, -0.05) is 141 Å². The van der Waals surface area contributed by atoms with Crippen molar-refractivity contribution in [1.82, 2.24) is 19.5 Å². The number of hydrogen-bond acceptors (Lipinski definition) is 4. The number of para-hydroxylation sites is 2. The Bertz CT molecular complexity index is 3480. The quantitative estimate of drug-likeness (QED) is 0.175. The highest BCUT2D eigenvalue weighted by Crippen LogP contribution is 2.51. The van der Waals surface area contributed by atoms with E-state index in [0.717, 1.165) is 61.0 Å². The molecule has 278 valence electrons. The Morgan fingerprint density at radius 3 is 1.85 bits per heavy atom. The largest absolute Gasteiger partial charge is 0.456 e. The second-order valence-corrected chi connectivity index (χ2v) is 16.1. The van der Waals surface area contributed by atoms with E-state index in [1.807, 2.05) is 30.3 Å². The first-order chi connectivity index (χ1) is 29.0. The molecule has 0 saturated heterocycles. The van der Waals surface area contributed by atoms with Crippen molar-refractivity contribution in [3.05, 3.63) is 193 Å². The normalized spacial score (nSPS) is 13.1. The van der Waals surface area contributed by atoms with Gasteiger partial charge in [0.25, 0.3) is 0 Å². The highest BCUT2D eigenvalue weighted by atomic mass is 16.3. The molecular weight excluding hydrogens is 721 g/mol. The number of aromatic nitrogens is 4. The molecule has 0 aliphatic heterocycles. The van der Waals surface area contributed by atoms with Crippen molar-refractivity contribution in [2.24, 2.45) is 0 Å².